The van der Waals surface area contributed by atoms with Crippen LogP contribution in [0.4, 0.5) is 0 Å². The number of nitrogens with two attached hydrogens (primary N) is 1. The first-order chi connectivity index (χ1) is 9.10. The fraction of sp³-hybridized carbons (Fsp3) is 0.714. The molecule has 0 unspecified atom stereocenters. The molecule has 1 aromatic heterocycles. The van der Waals surface area contributed by atoms with E-state index in [1.165, 1.54) is 0 Å². The zero-order valence-electron chi connectivity index (χ0n) is 11.8. The minimum atomic E-state index is 0.154. The molecule has 2 N–H and O–H groups in total. The Morgan fingerprint density at radius 3 is 2.68 bits per heavy atom. The van der Waals surface area contributed by atoms with E-state index in [9.17, 15) is 4.79 Å². The van der Waals surface area contributed by atoms with Crippen molar-refractivity contribution in [3.8, 4) is 0 Å². The molecule has 1 aliphatic rings. The van der Waals surface area contributed by atoms with Gasteiger partial charge in [-0.15, -0.1) is 0 Å². The highest BCUT2D eigenvalue weighted by molar-refractivity contribution is 5.78. The topological polar surface area (TPSA) is 72.4 Å². The summed E-state index contributed by atoms with van der Waals surface area (Å²) in [5, 5.41) is 3.92. The standard InChI is InChI=1S/C14H23N3O2/c1-10-7-13(16-19-10)9-17(2)14(18)12-5-3-11(8-15)4-6-12/h7,11-12H,3-6,8-9,15H2,1-2H3. The molecular formula is C14H23N3O2. The van der Waals surface area contributed by atoms with Crippen LogP contribution in [0.2, 0.25) is 0 Å². The summed E-state index contributed by atoms with van der Waals surface area (Å²) in [7, 11) is 1.83. The second-order valence-electron chi connectivity index (χ2n) is 5.58. The second kappa shape index (κ2) is 6.19. The molecule has 1 amide bonds. The largest absolute Gasteiger partial charge is 0.361 e. The summed E-state index contributed by atoms with van der Waals surface area (Å²) in [6, 6.07) is 1.87. The van der Waals surface area contributed by atoms with Gasteiger partial charge < -0.3 is 15.2 Å². The van der Waals surface area contributed by atoms with Gasteiger partial charge in [0.15, 0.2) is 0 Å². The van der Waals surface area contributed by atoms with Gasteiger partial charge in [0.2, 0.25) is 5.91 Å². The van der Waals surface area contributed by atoms with Gasteiger partial charge in [-0.05, 0) is 45.1 Å². The van der Waals surface area contributed by atoms with E-state index in [0.29, 0.717) is 12.5 Å². The lowest BCUT2D eigenvalue weighted by Gasteiger charge is -2.29. The summed E-state index contributed by atoms with van der Waals surface area (Å²) in [5.74, 6) is 1.75. The molecule has 5 heteroatoms. The van der Waals surface area contributed by atoms with Crippen LogP contribution in [0.25, 0.3) is 0 Å². The lowest BCUT2D eigenvalue weighted by Crippen LogP contribution is -2.35. The molecule has 19 heavy (non-hydrogen) atoms. The molecule has 0 bridgehead atoms. The van der Waals surface area contributed by atoms with E-state index in [2.05, 4.69) is 5.16 Å². The summed E-state index contributed by atoms with van der Waals surface area (Å²) < 4.78 is 5.02. The van der Waals surface area contributed by atoms with Crippen molar-refractivity contribution in [2.45, 2.75) is 39.2 Å². The van der Waals surface area contributed by atoms with Gasteiger partial charge in [-0.25, -0.2) is 0 Å². The number of amides is 1. The van der Waals surface area contributed by atoms with E-state index in [-0.39, 0.29) is 11.8 Å². The zero-order valence-corrected chi connectivity index (χ0v) is 11.8. The van der Waals surface area contributed by atoms with Crippen LogP contribution in [0.1, 0.15) is 37.1 Å². The van der Waals surface area contributed by atoms with Crippen molar-refractivity contribution in [2.24, 2.45) is 17.6 Å². The highest BCUT2D eigenvalue weighted by Gasteiger charge is 2.27. The van der Waals surface area contributed by atoms with E-state index < -0.39 is 0 Å². The van der Waals surface area contributed by atoms with Crippen molar-refractivity contribution < 1.29 is 9.32 Å². The molecule has 0 aromatic carbocycles. The lowest BCUT2D eigenvalue weighted by molar-refractivity contribution is -0.136. The van der Waals surface area contributed by atoms with Crippen LogP contribution in [0.15, 0.2) is 10.6 Å². The van der Waals surface area contributed by atoms with Crippen LogP contribution < -0.4 is 5.73 Å². The van der Waals surface area contributed by atoms with E-state index in [1.54, 1.807) is 4.90 Å². The summed E-state index contributed by atoms with van der Waals surface area (Å²) in [5.41, 5.74) is 6.48. The van der Waals surface area contributed by atoms with Crippen LogP contribution in [-0.4, -0.2) is 29.6 Å². The predicted molar refractivity (Wildman–Crippen MR) is 72.2 cm³/mol. The zero-order chi connectivity index (χ0) is 13.8. The minimum absolute atomic E-state index is 0.154. The molecule has 0 saturated heterocycles. The first-order valence-corrected chi connectivity index (χ1v) is 6.97. The number of hydrogen-bond acceptors (Lipinski definition) is 4. The van der Waals surface area contributed by atoms with Gasteiger partial charge >= 0.3 is 0 Å². The third-order valence-corrected chi connectivity index (χ3v) is 3.98. The molecule has 0 aliphatic heterocycles. The van der Waals surface area contributed by atoms with E-state index in [4.69, 9.17) is 10.3 Å². The van der Waals surface area contributed by atoms with Gasteiger partial charge in [0.1, 0.15) is 11.5 Å². The molecule has 0 atom stereocenters. The number of carbonyl (C=O) groups is 1. The Balaban J connectivity index is 1.85. The Morgan fingerprint density at radius 2 is 2.16 bits per heavy atom. The molecule has 0 radical (unpaired) electrons. The first-order valence-electron chi connectivity index (χ1n) is 6.97. The number of aromatic nitrogens is 1. The number of carbonyl (C=O) groups excluding carboxylic acids is 1. The quantitative estimate of drug-likeness (QED) is 0.899. The van der Waals surface area contributed by atoms with Crippen LogP contribution in [0, 0.1) is 18.8 Å². The first kappa shape index (κ1) is 14.1. The molecule has 5 nitrogen and oxygen atoms in total. The van der Waals surface area contributed by atoms with Gasteiger partial charge in [-0.3, -0.25) is 4.79 Å². The Morgan fingerprint density at radius 1 is 1.47 bits per heavy atom. The molecule has 2 rings (SSSR count). The van der Waals surface area contributed by atoms with Gasteiger partial charge in [0.25, 0.3) is 0 Å². The lowest BCUT2D eigenvalue weighted by atomic mass is 9.81. The Labute approximate surface area is 114 Å². The van der Waals surface area contributed by atoms with Crippen LogP contribution in [0.3, 0.4) is 0 Å². The summed E-state index contributed by atoms with van der Waals surface area (Å²) in [4.78, 5) is 14.1. The van der Waals surface area contributed by atoms with Crippen molar-refractivity contribution in [3.05, 3.63) is 17.5 Å². The molecule has 1 fully saturated rings. The van der Waals surface area contributed by atoms with Crippen LogP contribution in [-0.2, 0) is 11.3 Å². The fourth-order valence-electron chi connectivity index (χ4n) is 2.77. The summed E-state index contributed by atoms with van der Waals surface area (Å²) in [6.45, 7) is 3.12. The molecule has 1 aromatic rings. The third kappa shape index (κ3) is 3.56. The van der Waals surface area contributed by atoms with E-state index in [1.807, 2.05) is 20.0 Å². The van der Waals surface area contributed by atoms with E-state index >= 15 is 0 Å². The number of nitrogens with zero attached hydrogens (tertiary/aromatic N) is 2. The molecular weight excluding hydrogens is 242 g/mol. The Kier molecular flexibility index (Phi) is 4.58. The number of rotatable bonds is 4. The van der Waals surface area contributed by atoms with Crippen LogP contribution >= 0.6 is 0 Å². The van der Waals surface area contributed by atoms with Crippen molar-refractivity contribution in [1.29, 1.82) is 0 Å². The van der Waals surface area contributed by atoms with Crippen molar-refractivity contribution >= 4 is 5.91 Å². The monoisotopic (exact) mass is 265 g/mol. The molecule has 1 aliphatic carbocycles. The average Bonchev–Trinajstić information content (AvgIpc) is 2.83. The normalized spacial score (nSPS) is 23.3. The Hall–Kier alpha value is -1.36. The maximum atomic E-state index is 12.3. The van der Waals surface area contributed by atoms with Crippen molar-refractivity contribution in [2.75, 3.05) is 13.6 Å². The van der Waals surface area contributed by atoms with Gasteiger partial charge in [0, 0.05) is 19.0 Å². The van der Waals surface area contributed by atoms with Gasteiger partial charge in [-0.1, -0.05) is 5.16 Å². The molecule has 1 heterocycles. The maximum Gasteiger partial charge on any atom is 0.225 e. The van der Waals surface area contributed by atoms with Gasteiger partial charge in [-0.2, -0.15) is 0 Å². The SMILES string of the molecule is Cc1cc(CN(C)C(=O)C2CCC(CN)CC2)no1. The third-order valence-electron chi connectivity index (χ3n) is 3.98. The molecule has 106 valence electrons. The predicted octanol–water partition coefficient (Wildman–Crippen LogP) is 1.71. The highest BCUT2D eigenvalue weighted by Crippen LogP contribution is 2.29. The number of hydrogen-bond donors (Lipinski definition) is 1. The number of aryl methyl sites for hydroxylation is 1. The summed E-state index contributed by atoms with van der Waals surface area (Å²) in [6.07, 6.45) is 4.07. The Bertz CT molecular complexity index is 422. The molecule has 0 spiro atoms. The smallest absolute Gasteiger partial charge is 0.225 e. The summed E-state index contributed by atoms with van der Waals surface area (Å²) >= 11 is 0. The van der Waals surface area contributed by atoms with Crippen molar-refractivity contribution in [1.82, 2.24) is 10.1 Å². The van der Waals surface area contributed by atoms with Crippen LogP contribution in [0.5, 0.6) is 0 Å². The van der Waals surface area contributed by atoms with E-state index in [0.717, 1.165) is 43.7 Å². The van der Waals surface area contributed by atoms with Crippen molar-refractivity contribution in [3.63, 3.8) is 0 Å². The molecule has 1 saturated carbocycles. The average molecular weight is 265 g/mol. The highest BCUT2D eigenvalue weighted by atomic mass is 16.5. The minimum Gasteiger partial charge on any atom is -0.361 e. The fourth-order valence-corrected chi connectivity index (χ4v) is 2.77. The maximum absolute atomic E-state index is 12.3. The van der Waals surface area contributed by atoms with Gasteiger partial charge in [0.05, 0.1) is 6.54 Å². The second-order valence-corrected chi connectivity index (χ2v) is 5.58.